The van der Waals surface area contributed by atoms with Crippen LogP contribution >= 0.6 is 0 Å². The summed E-state index contributed by atoms with van der Waals surface area (Å²) in [5, 5.41) is 7.46. The van der Waals surface area contributed by atoms with Crippen LogP contribution in [0.2, 0.25) is 0 Å². The summed E-state index contributed by atoms with van der Waals surface area (Å²) in [5.41, 5.74) is 2.07. The molecule has 1 aliphatic heterocycles. The highest BCUT2D eigenvalue weighted by Gasteiger charge is 2.56. The smallest absolute Gasteiger partial charge is 0.243 e. The molecule has 1 saturated heterocycles. The molecule has 1 aromatic carbocycles. The Morgan fingerprint density at radius 3 is 2.36 bits per heavy atom. The molecule has 33 heavy (non-hydrogen) atoms. The van der Waals surface area contributed by atoms with E-state index in [1.54, 1.807) is 6.20 Å². The number of likely N-dealkylation sites (tertiary alicyclic amines) is 1. The summed E-state index contributed by atoms with van der Waals surface area (Å²) in [4.78, 5) is 29.1. The Hall–Kier alpha value is -2.63. The molecule has 2 heterocycles. The topological polar surface area (TPSA) is 67.2 Å². The zero-order chi connectivity index (χ0) is 22.4. The highest BCUT2D eigenvalue weighted by atomic mass is 16.2. The minimum Gasteiger partial charge on any atom is -0.350 e. The van der Waals surface area contributed by atoms with Crippen molar-refractivity contribution in [1.82, 2.24) is 20.0 Å². The Labute approximate surface area is 195 Å². The van der Waals surface area contributed by atoms with Crippen LogP contribution in [0.25, 0.3) is 0 Å². The fraction of sp³-hybridized carbons (Fsp3) is 0.593. The van der Waals surface area contributed by atoms with Crippen molar-refractivity contribution in [3.8, 4) is 0 Å². The Balaban J connectivity index is 1.13. The van der Waals surface area contributed by atoms with E-state index < -0.39 is 0 Å². The van der Waals surface area contributed by atoms with Crippen LogP contribution in [0, 0.1) is 23.2 Å². The zero-order valence-electron chi connectivity index (χ0n) is 19.3. The summed E-state index contributed by atoms with van der Waals surface area (Å²) in [5.74, 6) is 2.50. The van der Waals surface area contributed by atoms with Gasteiger partial charge in [0.2, 0.25) is 11.8 Å². The van der Waals surface area contributed by atoms with Gasteiger partial charge in [0.05, 0.1) is 12.0 Å². The van der Waals surface area contributed by atoms with Crippen molar-refractivity contribution in [3.63, 3.8) is 0 Å². The molecule has 0 spiro atoms. The summed E-state index contributed by atoms with van der Waals surface area (Å²) in [6.07, 6.45) is 12.6. The van der Waals surface area contributed by atoms with E-state index in [1.165, 1.54) is 19.3 Å². The highest BCUT2D eigenvalue weighted by molar-refractivity contribution is 5.91. The predicted octanol–water partition coefficient (Wildman–Crippen LogP) is 3.76. The monoisotopic (exact) mass is 446 g/mol. The molecule has 0 radical (unpaired) electrons. The number of carbonyl (C=O) groups excluding carboxylic acids is 2. The van der Waals surface area contributed by atoms with E-state index in [2.05, 4.69) is 22.5 Å². The van der Waals surface area contributed by atoms with Crippen LogP contribution in [-0.2, 0) is 22.7 Å². The molecule has 4 aliphatic carbocycles. The molecule has 6 nitrogen and oxygen atoms in total. The molecule has 5 fully saturated rings. The maximum atomic E-state index is 13.9. The van der Waals surface area contributed by atoms with Gasteiger partial charge in [-0.15, -0.1) is 0 Å². The standard InChI is InChI=1S/C27H34N4O2/c32-25(28-17-22-5-1-2-6-23(22)18-30-9-4-8-29-30)24-7-3-10-31(24)26(33)27-14-19-11-20(15-27)13-21(12-19)16-27/h1-2,4-6,8-9,19-21,24H,3,7,10-18H2,(H,28,32). The first-order valence-electron chi connectivity index (χ1n) is 12.7. The summed E-state index contributed by atoms with van der Waals surface area (Å²) in [6.45, 7) is 1.89. The fourth-order valence-electron chi connectivity index (χ4n) is 7.71. The van der Waals surface area contributed by atoms with Gasteiger partial charge >= 0.3 is 0 Å². The normalized spacial score (nSPS) is 32.3. The Morgan fingerprint density at radius 1 is 1.00 bits per heavy atom. The van der Waals surface area contributed by atoms with Crippen LogP contribution in [0.1, 0.15) is 62.5 Å². The van der Waals surface area contributed by atoms with Gasteiger partial charge in [0.1, 0.15) is 6.04 Å². The average molecular weight is 447 g/mol. The number of nitrogens with zero attached hydrogens (tertiary/aromatic N) is 3. The number of benzene rings is 1. The average Bonchev–Trinajstić information content (AvgIpc) is 3.49. The molecule has 2 aromatic rings. The molecule has 1 aromatic heterocycles. The van der Waals surface area contributed by atoms with E-state index in [0.29, 0.717) is 19.0 Å². The van der Waals surface area contributed by atoms with Crippen LogP contribution in [-0.4, -0.2) is 39.1 Å². The number of amides is 2. The molecule has 174 valence electrons. The second-order valence-corrected chi connectivity index (χ2v) is 11.0. The SMILES string of the molecule is O=C(NCc1ccccc1Cn1cccn1)C1CCCN1C(=O)C12CC3CC(CC(C3)C1)C2. The van der Waals surface area contributed by atoms with Gasteiger partial charge in [-0.1, -0.05) is 24.3 Å². The third kappa shape index (κ3) is 3.87. The first kappa shape index (κ1) is 20.9. The second-order valence-electron chi connectivity index (χ2n) is 11.0. The molecular weight excluding hydrogens is 412 g/mol. The van der Waals surface area contributed by atoms with Crippen molar-refractivity contribution in [2.45, 2.75) is 70.5 Å². The van der Waals surface area contributed by atoms with E-state index in [9.17, 15) is 9.59 Å². The third-order valence-electron chi connectivity index (χ3n) is 8.77. The number of nitrogens with one attached hydrogen (secondary N) is 1. The third-order valence-corrected chi connectivity index (χ3v) is 8.77. The maximum Gasteiger partial charge on any atom is 0.243 e. The number of carbonyl (C=O) groups is 2. The van der Waals surface area contributed by atoms with Crippen LogP contribution in [0.15, 0.2) is 42.7 Å². The van der Waals surface area contributed by atoms with Crippen LogP contribution in [0.4, 0.5) is 0 Å². The molecule has 6 heteroatoms. The van der Waals surface area contributed by atoms with E-state index in [-0.39, 0.29) is 17.4 Å². The molecule has 4 saturated carbocycles. The number of hydrogen-bond acceptors (Lipinski definition) is 3. The Bertz CT molecular complexity index is 995. The minimum atomic E-state index is -0.316. The van der Waals surface area contributed by atoms with Crippen molar-refractivity contribution < 1.29 is 9.59 Å². The largest absolute Gasteiger partial charge is 0.350 e. The first-order valence-corrected chi connectivity index (χ1v) is 12.7. The van der Waals surface area contributed by atoms with Crippen LogP contribution in [0.5, 0.6) is 0 Å². The predicted molar refractivity (Wildman–Crippen MR) is 125 cm³/mol. The molecule has 1 N–H and O–H groups in total. The van der Waals surface area contributed by atoms with Gasteiger partial charge in [-0.3, -0.25) is 14.3 Å². The number of aromatic nitrogens is 2. The quantitative estimate of drug-likeness (QED) is 0.735. The lowest BCUT2D eigenvalue weighted by atomic mass is 9.49. The minimum absolute atomic E-state index is 0.000490. The van der Waals surface area contributed by atoms with E-state index in [0.717, 1.165) is 67.5 Å². The lowest BCUT2D eigenvalue weighted by Crippen LogP contribution is -2.57. The van der Waals surface area contributed by atoms with Gasteiger partial charge < -0.3 is 10.2 Å². The molecule has 4 bridgehead atoms. The van der Waals surface area contributed by atoms with Gasteiger partial charge in [-0.2, -0.15) is 5.10 Å². The summed E-state index contributed by atoms with van der Waals surface area (Å²) >= 11 is 0. The lowest BCUT2D eigenvalue weighted by Gasteiger charge is -2.56. The molecule has 2 amide bonds. The summed E-state index contributed by atoms with van der Waals surface area (Å²) in [6, 6.07) is 9.77. The summed E-state index contributed by atoms with van der Waals surface area (Å²) < 4.78 is 1.89. The van der Waals surface area contributed by atoms with Crippen LogP contribution < -0.4 is 5.32 Å². The van der Waals surface area contributed by atoms with Gasteiger partial charge in [-0.25, -0.2) is 0 Å². The Morgan fingerprint density at radius 2 is 1.70 bits per heavy atom. The van der Waals surface area contributed by atoms with Gasteiger partial charge in [0.25, 0.3) is 0 Å². The van der Waals surface area contributed by atoms with Crippen LogP contribution in [0.3, 0.4) is 0 Å². The molecule has 1 atom stereocenters. The van der Waals surface area contributed by atoms with E-state index >= 15 is 0 Å². The molecule has 1 unspecified atom stereocenters. The second kappa shape index (κ2) is 8.30. The van der Waals surface area contributed by atoms with Crippen molar-refractivity contribution in [1.29, 1.82) is 0 Å². The van der Waals surface area contributed by atoms with Gasteiger partial charge in [-0.05, 0) is 86.3 Å². The number of rotatable bonds is 6. The zero-order valence-corrected chi connectivity index (χ0v) is 19.3. The molecule has 5 aliphatic rings. The fourth-order valence-corrected chi connectivity index (χ4v) is 7.71. The lowest BCUT2D eigenvalue weighted by molar-refractivity contribution is -0.160. The van der Waals surface area contributed by atoms with Gasteiger partial charge in [0, 0.05) is 25.5 Å². The van der Waals surface area contributed by atoms with Crippen molar-refractivity contribution in [2.75, 3.05) is 6.54 Å². The molecule has 7 rings (SSSR count). The van der Waals surface area contributed by atoms with Crippen molar-refractivity contribution in [2.24, 2.45) is 23.2 Å². The van der Waals surface area contributed by atoms with Crippen molar-refractivity contribution in [3.05, 3.63) is 53.9 Å². The Kier molecular flexibility index (Phi) is 5.27. The number of hydrogen-bond donors (Lipinski definition) is 1. The first-order chi connectivity index (χ1) is 16.1. The highest BCUT2D eigenvalue weighted by Crippen LogP contribution is 2.60. The summed E-state index contributed by atoms with van der Waals surface area (Å²) in [7, 11) is 0. The van der Waals surface area contributed by atoms with E-state index in [4.69, 9.17) is 0 Å². The van der Waals surface area contributed by atoms with Gasteiger partial charge in [0.15, 0.2) is 0 Å². The van der Waals surface area contributed by atoms with Crippen molar-refractivity contribution >= 4 is 11.8 Å². The molecular formula is C27H34N4O2. The van der Waals surface area contributed by atoms with E-state index in [1.807, 2.05) is 34.0 Å². The maximum absolute atomic E-state index is 13.9.